The zero-order valence-corrected chi connectivity index (χ0v) is 13.8. The molecule has 0 atom stereocenters. The standard InChI is InChI=1S/C15H26N2O2S/c1-12(2)14-8-6-13(7-9-14)10-16-11-15(3,4)17-20(5,18)19/h6-9,12,16-17H,10-11H2,1-5H3. The van der Waals surface area contributed by atoms with Crippen LogP contribution in [0.5, 0.6) is 0 Å². The number of nitrogens with one attached hydrogen (secondary N) is 2. The van der Waals surface area contributed by atoms with Crippen LogP contribution in [0, 0.1) is 0 Å². The fourth-order valence-electron chi connectivity index (χ4n) is 2.08. The lowest BCUT2D eigenvalue weighted by Crippen LogP contribution is -2.49. The van der Waals surface area contributed by atoms with E-state index in [4.69, 9.17) is 0 Å². The summed E-state index contributed by atoms with van der Waals surface area (Å²) in [6, 6.07) is 8.50. The third-order valence-corrected chi connectivity index (χ3v) is 3.93. The van der Waals surface area contributed by atoms with E-state index in [0.717, 1.165) is 6.54 Å². The fraction of sp³-hybridized carbons (Fsp3) is 0.600. The van der Waals surface area contributed by atoms with Crippen LogP contribution in [0.2, 0.25) is 0 Å². The Morgan fingerprint density at radius 3 is 2.15 bits per heavy atom. The van der Waals surface area contributed by atoms with Crippen molar-refractivity contribution in [2.45, 2.75) is 45.7 Å². The molecule has 1 rings (SSSR count). The molecule has 4 nitrogen and oxygen atoms in total. The molecule has 1 aromatic rings. The Hall–Kier alpha value is -0.910. The number of rotatable bonds is 7. The lowest BCUT2D eigenvalue weighted by atomic mass is 10.0. The highest BCUT2D eigenvalue weighted by molar-refractivity contribution is 7.88. The van der Waals surface area contributed by atoms with E-state index in [-0.39, 0.29) is 0 Å². The molecule has 0 saturated heterocycles. The summed E-state index contributed by atoms with van der Waals surface area (Å²) >= 11 is 0. The molecule has 5 heteroatoms. The van der Waals surface area contributed by atoms with Gasteiger partial charge in [-0.25, -0.2) is 13.1 Å². The number of sulfonamides is 1. The second-order valence-corrected chi connectivity index (χ2v) is 8.01. The van der Waals surface area contributed by atoms with E-state index in [1.54, 1.807) is 0 Å². The maximum atomic E-state index is 11.2. The van der Waals surface area contributed by atoms with Crippen molar-refractivity contribution in [3.8, 4) is 0 Å². The summed E-state index contributed by atoms with van der Waals surface area (Å²) in [6.45, 7) is 9.38. The van der Waals surface area contributed by atoms with E-state index in [9.17, 15) is 8.42 Å². The quantitative estimate of drug-likeness (QED) is 0.811. The predicted octanol–water partition coefficient (Wildman–Crippen LogP) is 2.23. The van der Waals surface area contributed by atoms with Gasteiger partial charge in [-0.3, -0.25) is 0 Å². The Balaban J connectivity index is 2.48. The van der Waals surface area contributed by atoms with Crippen LogP contribution in [0.15, 0.2) is 24.3 Å². The average molecular weight is 298 g/mol. The molecule has 0 aliphatic rings. The fourth-order valence-corrected chi connectivity index (χ4v) is 3.15. The smallest absolute Gasteiger partial charge is 0.209 e. The molecule has 0 radical (unpaired) electrons. The van der Waals surface area contributed by atoms with Gasteiger partial charge in [-0.15, -0.1) is 0 Å². The van der Waals surface area contributed by atoms with Gasteiger partial charge in [0.25, 0.3) is 0 Å². The summed E-state index contributed by atoms with van der Waals surface area (Å²) in [5.41, 5.74) is 2.03. The van der Waals surface area contributed by atoms with Crippen molar-refractivity contribution in [2.75, 3.05) is 12.8 Å². The summed E-state index contributed by atoms with van der Waals surface area (Å²) < 4.78 is 25.1. The minimum atomic E-state index is -3.18. The van der Waals surface area contributed by atoms with Gasteiger partial charge in [-0.05, 0) is 30.9 Å². The van der Waals surface area contributed by atoms with E-state index in [2.05, 4.69) is 48.2 Å². The van der Waals surface area contributed by atoms with Crippen LogP contribution in [0.3, 0.4) is 0 Å². The first-order valence-electron chi connectivity index (χ1n) is 6.87. The molecular formula is C15H26N2O2S. The normalized spacial score (nSPS) is 12.9. The Labute approximate surface area is 123 Å². The molecule has 0 heterocycles. The van der Waals surface area contributed by atoms with Crippen molar-refractivity contribution in [1.82, 2.24) is 10.0 Å². The van der Waals surface area contributed by atoms with Gasteiger partial charge in [0.15, 0.2) is 0 Å². The molecular weight excluding hydrogens is 272 g/mol. The van der Waals surface area contributed by atoms with Crippen LogP contribution in [-0.2, 0) is 16.6 Å². The third kappa shape index (κ3) is 6.50. The van der Waals surface area contributed by atoms with Gasteiger partial charge in [-0.2, -0.15) is 0 Å². The molecule has 1 aromatic carbocycles. The zero-order valence-electron chi connectivity index (χ0n) is 13.0. The molecule has 0 unspecified atom stereocenters. The number of hydrogen-bond donors (Lipinski definition) is 2. The molecule has 0 aliphatic heterocycles. The van der Waals surface area contributed by atoms with Crippen LogP contribution < -0.4 is 10.0 Å². The molecule has 0 bridgehead atoms. The van der Waals surface area contributed by atoms with E-state index in [1.165, 1.54) is 17.4 Å². The summed E-state index contributed by atoms with van der Waals surface area (Å²) in [4.78, 5) is 0. The minimum Gasteiger partial charge on any atom is -0.311 e. The summed E-state index contributed by atoms with van der Waals surface area (Å²) in [5.74, 6) is 0.537. The Bertz CT molecular complexity index is 519. The second-order valence-electron chi connectivity index (χ2n) is 6.26. The molecule has 0 aromatic heterocycles. The lowest BCUT2D eigenvalue weighted by Gasteiger charge is -2.25. The first-order chi connectivity index (χ1) is 9.09. The molecule has 0 saturated carbocycles. The largest absolute Gasteiger partial charge is 0.311 e. The molecule has 2 N–H and O–H groups in total. The molecule has 20 heavy (non-hydrogen) atoms. The van der Waals surface area contributed by atoms with E-state index < -0.39 is 15.6 Å². The van der Waals surface area contributed by atoms with Gasteiger partial charge < -0.3 is 5.32 Å². The highest BCUT2D eigenvalue weighted by Crippen LogP contribution is 2.14. The highest BCUT2D eigenvalue weighted by atomic mass is 32.2. The molecule has 114 valence electrons. The SMILES string of the molecule is CC(C)c1ccc(CNCC(C)(C)NS(C)(=O)=O)cc1. The zero-order chi connectivity index (χ0) is 15.4. The van der Waals surface area contributed by atoms with Crippen molar-refractivity contribution in [3.05, 3.63) is 35.4 Å². The van der Waals surface area contributed by atoms with Gasteiger partial charge in [0.1, 0.15) is 0 Å². The van der Waals surface area contributed by atoms with E-state index >= 15 is 0 Å². The lowest BCUT2D eigenvalue weighted by molar-refractivity contribution is 0.421. The van der Waals surface area contributed by atoms with Crippen LogP contribution in [-0.4, -0.2) is 26.8 Å². The maximum Gasteiger partial charge on any atom is 0.209 e. The minimum absolute atomic E-state index is 0.495. The van der Waals surface area contributed by atoms with Crippen molar-refractivity contribution in [3.63, 3.8) is 0 Å². The van der Waals surface area contributed by atoms with Crippen molar-refractivity contribution >= 4 is 10.0 Å². The highest BCUT2D eigenvalue weighted by Gasteiger charge is 2.21. The molecule has 0 amide bonds. The van der Waals surface area contributed by atoms with Crippen LogP contribution >= 0.6 is 0 Å². The second kappa shape index (κ2) is 6.70. The van der Waals surface area contributed by atoms with E-state index in [1.807, 2.05) is 13.8 Å². The summed E-state index contributed by atoms with van der Waals surface area (Å²) in [6.07, 6.45) is 1.18. The Morgan fingerprint density at radius 2 is 1.70 bits per heavy atom. The number of hydrogen-bond acceptors (Lipinski definition) is 3. The van der Waals surface area contributed by atoms with Gasteiger partial charge in [-0.1, -0.05) is 38.1 Å². The van der Waals surface area contributed by atoms with Gasteiger partial charge in [0, 0.05) is 18.6 Å². The molecule has 0 aliphatic carbocycles. The van der Waals surface area contributed by atoms with Crippen LogP contribution in [0.4, 0.5) is 0 Å². The van der Waals surface area contributed by atoms with Gasteiger partial charge in [0.2, 0.25) is 10.0 Å². The van der Waals surface area contributed by atoms with Crippen LogP contribution in [0.1, 0.15) is 44.7 Å². The maximum absolute atomic E-state index is 11.2. The van der Waals surface area contributed by atoms with Gasteiger partial charge in [0.05, 0.1) is 6.26 Å². The first kappa shape index (κ1) is 17.1. The Kier molecular flexibility index (Phi) is 5.74. The average Bonchev–Trinajstić information content (AvgIpc) is 2.26. The van der Waals surface area contributed by atoms with Crippen LogP contribution in [0.25, 0.3) is 0 Å². The number of benzene rings is 1. The first-order valence-corrected chi connectivity index (χ1v) is 8.77. The van der Waals surface area contributed by atoms with Crippen molar-refractivity contribution < 1.29 is 8.42 Å². The summed E-state index contributed by atoms with van der Waals surface area (Å²) in [5, 5.41) is 3.29. The molecule has 0 fully saturated rings. The Morgan fingerprint density at radius 1 is 1.15 bits per heavy atom. The topological polar surface area (TPSA) is 58.2 Å². The predicted molar refractivity (Wildman–Crippen MR) is 84.3 cm³/mol. The summed E-state index contributed by atoms with van der Waals surface area (Å²) in [7, 11) is -3.18. The van der Waals surface area contributed by atoms with Crippen molar-refractivity contribution in [2.24, 2.45) is 0 Å². The van der Waals surface area contributed by atoms with E-state index in [0.29, 0.717) is 12.5 Å². The van der Waals surface area contributed by atoms with Crippen molar-refractivity contribution in [1.29, 1.82) is 0 Å². The van der Waals surface area contributed by atoms with Gasteiger partial charge >= 0.3 is 0 Å². The molecule has 0 spiro atoms. The monoisotopic (exact) mass is 298 g/mol. The third-order valence-electron chi connectivity index (χ3n) is 3.00.